The second-order valence-corrected chi connectivity index (χ2v) is 3.97. The largest absolute Gasteiger partial charge is 0.496 e. The Labute approximate surface area is 105 Å². The predicted molar refractivity (Wildman–Crippen MR) is 69.6 cm³/mol. The Bertz CT molecular complexity index is 617. The van der Waals surface area contributed by atoms with Gasteiger partial charge in [0.15, 0.2) is 0 Å². The molecule has 0 aliphatic heterocycles. The van der Waals surface area contributed by atoms with Crippen molar-refractivity contribution in [2.75, 3.05) is 7.11 Å². The highest BCUT2D eigenvalue weighted by atomic mass is 16.5. The van der Waals surface area contributed by atoms with E-state index >= 15 is 0 Å². The van der Waals surface area contributed by atoms with Crippen LogP contribution in [0.3, 0.4) is 0 Å². The molecule has 1 aromatic heterocycles. The molecule has 2 aromatic rings. The molecule has 4 heteroatoms. The van der Waals surface area contributed by atoms with Crippen LogP contribution in [0.1, 0.15) is 5.56 Å². The highest BCUT2D eigenvalue weighted by Crippen LogP contribution is 2.28. The fourth-order valence-electron chi connectivity index (χ4n) is 1.93. The summed E-state index contributed by atoms with van der Waals surface area (Å²) in [7, 11) is 3.28. The molecule has 0 saturated carbocycles. The number of aliphatic hydroxyl groups excluding tert-OH is 1. The van der Waals surface area contributed by atoms with Gasteiger partial charge >= 0.3 is 0 Å². The van der Waals surface area contributed by atoms with Crippen LogP contribution < -0.4 is 10.3 Å². The first-order chi connectivity index (χ1) is 8.69. The maximum absolute atomic E-state index is 12.0. The molecule has 18 heavy (non-hydrogen) atoms. The van der Waals surface area contributed by atoms with Gasteiger partial charge in [0.25, 0.3) is 5.56 Å². The third-order valence-corrected chi connectivity index (χ3v) is 2.94. The number of hydrogen-bond donors (Lipinski definition) is 1. The van der Waals surface area contributed by atoms with Crippen molar-refractivity contribution in [1.29, 1.82) is 0 Å². The van der Waals surface area contributed by atoms with Gasteiger partial charge in [0.1, 0.15) is 5.75 Å². The average Bonchev–Trinajstić information content (AvgIpc) is 2.42. The van der Waals surface area contributed by atoms with E-state index in [2.05, 4.69) is 0 Å². The maximum atomic E-state index is 12.0. The Hall–Kier alpha value is -2.07. The van der Waals surface area contributed by atoms with Crippen molar-refractivity contribution in [2.45, 2.75) is 6.61 Å². The summed E-state index contributed by atoms with van der Waals surface area (Å²) in [5, 5.41) is 9.07. The lowest BCUT2D eigenvalue weighted by molar-refractivity contribution is 0.279. The van der Waals surface area contributed by atoms with Crippen LogP contribution in [0.4, 0.5) is 0 Å². The zero-order valence-corrected chi connectivity index (χ0v) is 10.4. The van der Waals surface area contributed by atoms with E-state index in [1.54, 1.807) is 20.2 Å². The normalized spacial score (nSPS) is 10.4. The van der Waals surface area contributed by atoms with Crippen molar-refractivity contribution in [3.05, 3.63) is 52.3 Å². The Morgan fingerprint density at radius 1 is 1.22 bits per heavy atom. The molecule has 0 unspecified atom stereocenters. The summed E-state index contributed by atoms with van der Waals surface area (Å²) in [6.45, 7) is -0.251. The number of methoxy groups -OCH3 is 1. The minimum absolute atomic E-state index is 0.194. The molecule has 0 amide bonds. The standard InChI is InChI=1S/C14H15NO3/c1-15-12(8-7-10(9-16)14(15)17)11-5-3-4-6-13(11)18-2/h3-8,16H,9H2,1-2H3. The van der Waals surface area contributed by atoms with Crippen LogP contribution in [-0.4, -0.2) is 16.8 Å². The van der Waals surface area contributed by atoms with E-state index in [1.165, 1.54) is 4.57 Å². The summed E-state index contributed by atoms with van der Waals surface area (Å²) in [4.78, 5) is 12.0. The monoisotopic (exact) mass is 245 g/mol. The summed E-state index contributed by atoms with van der Waals surface area (Å²) < 4.78 is 6.80. The van der Waals surface area contributed by atoms with Gasteiger partial charge in [0.05, 0.1) is 19.4 Å². The molecule has 1 N–H and O–H groups in total. The molecular weight excluding hydrogens is 230 g/mol. The first-order valence-corrected chi connectivity index (χ1v) is 5.62. The Kier molecular flexibility index (Phi) is 3.48. The first kappa shape index (κ1) is 12.4. The van der Waals surface area contributed by atoms with E-state index in [1.807, 2.05) is 30.3 Å². The van der Waals surface area contributed by atoms with Gasteiger partial charge < -0.3 is 14.4 Å². The number of pyridine rings is 1. The molecule has 0 fully saturated rings. The first-order valence-electron chi connectivity index (χ1n) is 5.62. The minimum Gasteiger partial charge on any atom is -0.496 e. The average molecular weight is 245 g/mol. The quantitative estimate of drug-likeness (QED) is 0.892. The molecule has 1 heterocycles. The molecule has 0 aliphatic rings. The Balaban J connectivity index is 2.65. The third-order valence-electron chi connectivity index (χ3n) is 2.94. The summed E-state index contributed by atoms with van der Waals surface area (Å²) in [6, 6.07) is 11.0. The zero-order chi connectivity index (χ0) is 13.1. The molecular formula is C14H15NO3. The molecule has 0 saturated heterocycles. The molecule has 2 rings (SSSR count). The van der Waals surface area contributed by atoms with Crippen molar-refractivity contribution in [1.82, 2.24) is 4.57 Å². The van der Waals surface area contributed by atoms with Crippen molar-refractivity contribution < 1.29 is 9.84 Å². The number of ether oxygens (including phenoxy) is 1. The summed E-state index contributed by atoms with van der Waals surface area (Å²) in [5.74, 6) is 0.712. The SMILES string of the molecule is COc1ccccc1-c1ccc(CO)c(=O)n1C. The summed E-state index contributed by atoms with van der Waals surface area (Å²) >= 11 is 0. The van der Waals surface area contributed by atoms with Crippen molar-refractivity contribution >= 4 is 0 Å². The summed E-state index contributed by atoms with van der Waals surface area (Å²) in [6.07, 6.45) is 0. The van der Waals surface area contributed by atoms with Crippen LogP contribution in [0.15, 0.2) is 41.2 Å². The van der Waals surface area contributed by atoms with Gasteiger partial charge in [-0.05, 0) is 24.3 Å². The number of rotatable bonds is 3. The smallest absolute Gasteiger partial charge is 0.256 e. The van der Waals surface area contributed by atoms with Crippen molar-refractivity contribution in [3.8, 4) is 17.0 Å². The number of aliphatic hydroxyl groups is 1. The highest BCUT2D eigenvalue weighted by molar-refractivity contribution is 5.67. The molecule has 4 nitrogen and oxygen atoms in total. The third kappa shape index (κ3) is 2.02. The van der Waals surface area contributed by atoms with Crippen LogP contribution in [0, 0.1) is 0 Å². The van der Waals surface area contributed by atoms with E-state index < -0.39 is 0 Å². The van der Waals surface area contributed by atoms with Crippen LogP contribution in [0.25, 0.3) is 11.3 Å². The lowest BCUT2D eigenvalue weighted by Crippen LogP contribution is -2.22. The van der Waals surface area contributed by atoms with Gasteiger partial charge in [-0.25, -0.2) is 0 Å². The lowest BCUT2D eigenvalue weighted by atomic mass is 10.1. The number of aromatic nitrogens is 1. The number of nitrogens with zero attached hydrogens (tertiary/aromatic N) is 1. The van der Waals surface area contributed by atoms with Gasteiger partial charge in [-0.3, -0.25) is 4.79 Å². The van der Waals surface area contributed by atoms with E-state index in [0.717, 1.165) is 11.3 Å². The fourth-order valence-corrected chi connectivity index (χ4v) is 1.93. The number of para-hydroxylation sites is 1. The van der Waals surface area contributed by atoms with Gasteiger partial charge in [0, 0.05) is 18.2 Å². The fraction of sp³-hybridized carbons (Fsp3) is 0.214. The van der Waals surface area contributed by atoms with Crippen LogP contribution in [0.5, 0.6) is 5.75 Å². The Morgan fingerprint density at radius 2 is 1.94 bits per heavy atom. The molecule has 0 aliphatic carbocycles. The van der Waals surface area contributed by atoms with Gasteiger partial charge in [-0.1, -0.05) is 12.1 Å². The van der Waals surface area contributed by atoms with E-state index in [4.69, 9.17) is 9.84 Å². The number of hydrogen-bond acceptors (Lipinski definition) is 3. The number of benzene rings is 1. The van der Waals surface area contributed by atoms with Gasteiger partial charge in [-0.2, -0.15) is 0 Å². The minimum atomic E-state index is -0.251. The molecule has 0 atom stereocenters. The van der Waals surface area contributed by atoms with Crippen LogP contribution >= 0.6 is 0 Å². The second kappa shape index (κ2) is 5.06. The van der Waals surface area contributed by atoms with E-state index in [0.29, 0.717) is 11.3 Å². The highest BCUT2D eigenvalue weighted by Gasteiger charge is 2.10. The Morgan fingerprint density at radius 3 is 2.61 bits per heavy atom. The summed E-state index contributed by atoms with van der Waals surface area (Å²) in [5.41, 5.74) is 1.80. The van der Waals surface area contributed by atoms with Crippen LogP contribution in [0.2, 0.25) is 0 Å². The van der Waals surface area contributed by atoms with Gasteiger partial charge in [-0.15, -0.1) is 0 Å². The molecule has 0 spiro atoms. The maximum Gasteiger partial charge on any atom is 0.256 e. The van der Waals surface area contributed by atoms with Crippen LogP contribution in [-0.2, 0) is 13.7 Å². The lowest BCUT2D eigenvalue weighted by Gasteiger charge is -2.12. The van der Waals surface area contributed by atoms with Crippen molar-refractivity contribution in [3.63, 3.8) is 0 Å². The van der Waals surface area contributed by atoms with Crippen molar-refractivity contribution in [2.24, 2.45) is 7.05 Å². The van der Waals surface area contributed by atoms with E-state index in [9.17, 15) is 4.79 Å². The van der Waals surface area contributed by atoms with E-state index in [-0.39, 0.29) is 12.2 Å². The molecule has 0 radical (unpaired) electrons. The molecule has 94 valence electrons. The molecule has 0 bridgehead atoms. The van der Waals surface area contributed by atoms with Gasteiger partial charge in [0.2, 0.25) is 0 Å². The topological polar surface area (TPSA) is 51.5 Å². The second-order valence-electron chi connectivity index (χ2n) is 3.97. The zero-order valence-electron chi connectivity index (χ0n) is 10.4. The predicted octanol–water partition coefficient (Wildman–Crippen LogP) is 1.55. The molecule has 1 aromatic carbocycles.